The average molecular weight is 311 g/mol. The molecule has 21 heavy (non-hydrogen) atoms. The first-order chi connectivity index (χ1) is 10.4. The number of fused-ring (bicyclic) bond motifs is 1. The molecule has 0 aromatic rings. The highest BCUT2D eigenvalue weighted by molar-refractivity contribution is 8.03. The van der Waals surface area contributed by atoms with Crippen LogP contribution in [-0.2, 0) is 0 Å². The van der Waals surface area contributed by atoms with Crippen LogP contribution in [0.15, 0.2) is 11.2 Å². The molecule has 4 aliphatic rings. The van der Waals surface area contributed by atoms with Crippen molar-refractivity contribution in [1.29, 1.82) is 0 Å². The van der Waals surface area contributed by atoms with Gasteiger partial charge in [-0.05, 0) is 0 Å². The summed E-state index contributed by atoms with van der Waals surface area (Å²) in [5, 5.41) is 19.0. The SMILES string of the molecule is C1=C(N2CCNCC2)SCCN1C1NCNC2NCNC21. The second kappa shape index (κ2) is 6.31. The van der Waals surface area contributed by atoms with Gasteiger partial charge in [0.1, 0.15) is 0 Å². The second-order valence-corrected chi connectivity index (χ2v) is 7.02. The molecule has 4 heterocycles. The molecule has 0 aromatic carbocycles. The molecule has 0 amide bonds. The van der Waals surface area contributed by atoms with Crippen molar-refractivity contribution in [3.63, 3.8) is 0 Å². The average Bonchev–Trinajstić information content (AvgIpc) is 3.04. The zero-order valence-corrected chi connectivity index (χ0v) is 13.1. The maximum Gasteiger partial charge on any atom is 0.0986 e. The molecule has 0 aliphatic carbocycles. The molecule has 3 saturated heterocycles. The lowest BCUT2D eigenvalue weighted by atomic mass is 10.1. The Labute approximate surface area is 130 Å². The van der Waals surface area contributed by atoms with Gasteiger partial charge in [0.25, 0.3) is 0 Å². The summed E-state index contributed by atoms with van der Waals surface area (Å²) in [4.78, 5) is 5.01. The maximum atomic E-state index is 3.61. The molecule has 3 unspecified atom stereocenters. The Morgan fingerprint density at radius 3 is 2.67 bits per heavy atom. The quantitative estimate of drug-likeness (QED) is 0.404. The van der Waals surface area contributed by atoms with E-state index in [9.17, 15) is 0 Å². The van der Waals surface area contributed by atoms with Crippen molar-refractivity contribution in [2.45, 2.75) is 18.4 Å². The van der Waals surface area contributed by atoms with E-state index in [1.807, 2.05) is 11.8 Å². The Hall–Kier alpha value is -0.510. The van der Waals surface area contributed by atoms with Crippen LogP contribution in [0.4, 0.5) is 0 Å². The minimum absolute atomic E-state index is 0.366. The highest BCUT2D eigenvalue weighted by Crippen LogP contribution is 2.27. The summed E-state index contributed by atoms with van der Waals surface area (Å²) >= 11 is 2.00. The first-order valence-electron chi connectivity index (χ1n) is 7.91. The van der Waals surface area contributed by atoms with E-state index in [2.05, 4.69) is 42.6 Å². The monoisotopic (exact) mass is 311 g/mol. The van der Waals surface area contributed by atoms with Crippen molar-refractivity contribution in [2.24, 2.45) is 0 Å². The lowest BCUT2D eigenvalue weighted by molar-refractivity contribution is 0.138. The van der Waals surface area contributed by atoms with Crippen LogP contribution in [0.3, 0.4) is 0 Å². The Morgan fingerprint density at radius 2 is 1.81 bits per heavy atom. The van der Waals surface area contributed by atoms with Crippen LogP contribution in [0.25, 0.3) is 0 Å². The molecular weight excluding hydrogens is 286 g/mol. The standard InChI is InChI=1S/C13H25N7S/c1-3-19(4-2-14-1)10-7-20(5-6-21-10)13-11-12(16-8-15-11)17-9-18-13/h7,11-18H,1-6,8-9H2. The summed E-state index contributed by atoms with van der Waals surface area (Å²) in [7, 11) is 0. The maximum absolute atomic E-state index is 3.61. The summed E-state index contributed by atoms with van der Waals surface area (Å²) in [5.74, 6) is 1.17. The molecule has 118 valence electrons. The van der Waals surface area contributed by atoms with E-state index in [0.717, 1.165) is 46.1 Å². The molecule has 0 radical (unpaired) electrons. The van der Waals surface area contributed by atoms with Gasteiger partial charge >= 0.3 is 0 Å². The number of nitrogens with one attached hydrogen (secondary N) is 5. The fourth-order valence-electron chi connectivity index (χ4n) is 3.53. The Balaban J connectivity index is 1.48. The summed E-state index contributed by atoms with van der Waals surface area (Å²) in [5.41, 5.74) is 0. The molecule has 0 aromatic heterocycles. The van der Waals surface area contributed by atoms with Gasteiger partial charge in [0, 0.05) is 58.0 Å². The Kier molecular flexibility index (Phi) is 4.24. The van der Waals surface area contributed by atoms with Gasteiger partial charge < -0.3 is 15.1 Å². The van der Waals surface area contributed by atoms with E-state index in [4.69, 9.17) is 0 Å². The van der Waals surface area contributed by atoms with Crippen LogP contribution in [0, 0.1) is 0 Å². The lowest BCUT2D eigenvalue weighted by Gasteiger charge is -2.44. The van der Waals surface area contributed by atoms with Crippen molar-refractivity contribution < 1.29 is 0 Å². The zero-order chi connectivity index (χ0) is 14.1. The first-order valence-corrected chi connectivity index (χ1v) is 8.90. The smallest absolute Gasteiger partial charge is 0.0986 e. The molecule has 3 atom stereocenters. The number of hydrogen-bond donors (Lipinski definition) is 5. The fourth-order valence-corrected chi connectivity index (χ4v) is 4.61. The topological polar surface area (TPSA) is 66.6 Å². The van der Waals surface area contributed by atoms with E-state index in [-0.39, 0.29) is 0 Å². The van der Waals surface area contributed by atoms with Gasteiger partial charge in [-0.15, -0.1) is 11.8 Å². The predicted octanol–water partition coefficient (Wildman–Crippen LogP) is -1.94. The van der Waals surface area contributed by atoms with E-state index < -0.39 is 0 Å². The molecule has 8 heteroatoms. The van der Waals surface area contributed by atoms with Crippen LogP contribution >= 0.6 is 11.8 Å². The molecule has 0 bridgehead atoms. The molecule has 7 nitrogen and oxygen atoms in total. The third kappa shape index (κ3) is 2.88. The summed E-state index contributed by atoms with van der Waals surface area (Å²) < 4.78 is 0. The van der Waals surface area contributed by atoms with Gasteiger partial charge in [0.2, 0.25) is 0 Å². The minimum Gasteiger partial charge on any atom is -0.363 e. The molecule has 4 aliphatic heterocycles. The molecule has 4 rings (SSSR count). The molecule has 0 saturated carbocycles. The van der Waals surface area contributed by atoms with Gasteiger partial charge in [-0.3, -0.25) is 21.3 Å². The molecule has 5 N–H and O–H groups in total. The predicted molar refractivity (Wildman–Crippen MR) is 85.3 cm³/mol. The van der Waals surface area contributed by atoms with Crippen LogP contribution in [0.2, 0.25) is 0 Å². The number of nitrogens with zero attached hydrogens (tertiary/aromatic N) is 2. The van der Waals surface area contributed by atoms with Crippen LogP contribution in [-0.4, -0.2) is 80.0 Å². The summed E-state index contributed by atoms with van der Waals surface area (Å²) in [6.45, 7) is 7.30. The Bertz CT molecular complexity index is 398. The second-order valence-electron chi connectivity index (χ2n) is 5.91. The molecule has 3 fully saturated rings. The van der Waals surface area contributed by atoms with E-state index in [1.54, 1.807) is 0 Å². The highest BCUT2D eigenvalue weighted by Gasteiger charge is 2.39. The van der Waals surface area contributed by atoms with Gasteiger partial charge in [0.15, 0.2) is 0 Å². The van der Waals surface area contributed by atoms with E-state index in [0.29, 0.717) is 18.4 Å². The minimum atomic E-state index is 0.366. The van der Waals surface area contributed by atoms with Gasteiger partial charge in [-0.1, -0.05) is 0 Å². The first kappa shape index (κ1) is 14.1. The number of thioether (sulfide) groups is 1. The van der Waals surface area contributed by atoms with Gasteiger partial charge in [0.05, 0.1) is 23.4 Å². The summed E-state index contributed by atoms with van der Waals surface area (Å²) in [6, 6.07) is 0.419. The largest absolute Gasteiger partial charge is 0.363 e. The van der Waals surface area contributed by atoms with E-state index in [1.165, 1.54) is 10.8 Å². The fraction of sp³-hybridized carbons (Fsp3) is 0.846. The van der Waals surface area contributed by atoms with Crippen LogP contribution in [0.1, 0.15) is 0 Å². The summed E-state index contributed by atoms with van der Waals surface area (Å²) in [6.07, 6.45) is 3.12. The van der Waals surface area contributed by atoms with Crippen LogP contribution in [0.5, 0.6) is 0 Å². The zero-order valence-electron chi connectivity index (χ0n) is 12.3. The van der Waals surface area contributed by atoms with Crippen molar-refractivity contribution in [2.75, 3.05) is 51.8 Å². The van der Waals surface area contributed by atoms with Crippen molar-refractivity contribution >= 4 is 11.8 Å². The van der Waals surface area contributed by atoms with Gasteiger partial charge in [-0.2, -0.15) is 0 Å². The lowest BCUT2D eigenvalue weighted by Crippen LogP contribution is -2.68. The number of rotatable bonds is 2. The van der Waals surface area contributed by atoms with Crippen molar-refractivity contribution in [3.05, 3.63) is 11.2 Å². The molecule has 0 spiro atoms. The number of piperazine rings is 1. The third-order valence-corrected chi connectivity index (χ3v) is 5.70. The van der Waals surface area contributed by atoms with Crippen LogP contribution < -0.4 is 26.6 Å². The molecular formula is C13H25N7S. The highest BCUT2D eigenvalue weighted by atomic mass is 32.2. The van der Waals surface area contributed by atoms with Crippen molar-refractivity contribution in [1.82, 2.24) is 36.4 Å². The normalized spacial score (nSPS) is 37.3. The van der Waals surface area contributed by atoms with Crippen molar-refractivity contribution in [3.8, 4) is 0 Å². The number of hydrogen-bond acceptors (Lipinski definition) is 8. The van der Waals surface area contributed by atoms with E-state index >= 15 is 0 Å². The van der Waals surface area contributed by atoms with Gasteiger partial charge in [-0.25, -0.2) is 0 Å². The third-order valence-electron chi connectivity index (χ3n) is 4.65. The Morgan fingerprint density at radius 1 is 1.00 bits per heavy atom.